The predicted molar refractivity (Wildman–Crippen MR) is 113 cm³/mol. The average molecular weight is 417 g/mol. The molecule has 0 bridgehead atoms. The fourth-order valence-electron chi connectivity index (χ4n) is 3.07. The van der Waals surface area contributed by atoms with Crippen LogP contribution in [0.1, 0.15) is 36.2 Å². The average Bonchev–Trinajstić information content (AvgIpc) is 2.91. The van der Waals surface area contributed by atoms with Crippen LogP contribution in [-0.2, 0) is 4.79 Å². The maximum Gasteiger partial charge on any atom is 0.252 e. The van der Waals surface area contributed by atoms with Gasteiger partial charge >= 0.3 is 0 Å². The van der Waals surface area contributed by atoms with E-state index in [0.29, 0.717) is 41.0 Å². The molecule has 0 radical (unpaired) electrons. The topological polar surface area (TPSA) is 76.7 Å². The highest BCUT2D eigenvalue weighted by atomic mass is 35.5. The Balaban J connectivity index is 1.77. The lowest BCUT2D eigenvalue weighted by atomic mass is 10.0. The molecule has 2 aromatic rings. The van der Waals surface area contributed by atoms with Gasteiger partial charge in [-0.3, -0.25) is 9.59 Å². The molecule has 0 aromatic heterocycles. The first-order valence-electron chi connectivity index (χ1n) is 9.63. The van der Waals surface area contributed by atoms with Gasteiger partial charge in [0.1, 0.15) is 6.04 Å². The van der Waals surface area contributed by atoms with Crippen molar-refractivity contribution in [2.75, 3.05) is 18.5 Å². The van der Waals surface area contributed by atoms with Gasteiger partial charge in [0.05, 0.1) is 23.9 Å². The van der Waals surface area contributed by atoms with Gasteiger partial charge in [-0.2, -0.15) is 0 Å². The summed E-state index contributed by atoms with van der Waals surface area (Å²) in [6.45, 7) is 6.69. The van der Waals surface area contributed by atoms with Crippen LogP contribution in [0.2, 0.25) is 5.02 Å². The number of benzene rings is 2. The van der Waals surface area contributed by atoms with Crippen molar-refractivity contribution in [1.82, 2.24) is 5.32 Å². The number of carbonyl (C=O) groups is 2. The second-order valence-electron chi connectivity index (χ2n) is 7.33. The molecule has 154 valence electrons. The van der Waals surface area contributed by atoms with Gasteiger partial charge in [0, 0.05) is 24.1 Å². The second-order valence-corrected chi connectivity index (χ2v) is 7.74. The molecular weight excluding hydrogens is 392 g/mol. The number of nitrogens with one attached hydrogen (secondary N) is 2. The molecule has 1 unspecified atom stereocenters. The Morgan fingerprint density at radius 3 is 2.38 bits per heavy atom. The first-order chi connectivity index (χ1) is 13.9. The summed E-state index contributed by atoms with van der Waals surface area (Å²) in [6.07, 6.45) is 0.772. The number of carbonyl (C=O) groups excluding carboxylic acids is 2. The Labute approximate surface area is 175 Å². The van der Waals surface area contributed by atoms with Gasteiger partial charge in [-0.05, 0) is 24.5 Å². The zero-order chi connectivity index (χ0) is 21.0. The Morgan fingerprint density at radius 2 is 1.72 bits per heavy atom. The van der Waals surface area contributed by atoms with Crippen LogP contribution < -0.4 is 20.1 Å². The molecule has 0 aliphatic carbocycles. The lowest BCUT2D eigenvalue weighted by Gasteiger charge is -2.23. The normalized spacial score (nSPS) is 14.1. The number of fused-ring (bicyclic) bond motifs is 1. The quantitative estimate of drug-likeness (QED) is 0.765. The van der Waals surface area contributed by atoms with Crippen LogP contribution in [0.5, 0.6) is 11.5 Å². The second kappa shape index (κ2) is 9.18. The molecule has 2 amide bonds. The van der Waals surface area contributed by atoms with Crippen LogP contribution in [0.4, 0.5) is 5.69 Å². The van der Waals surface area contributed by atoms with Crippen molar-refractivity contribution in [1.29, 1.82) is 0 Å². The van der Waals surface area contributed by atoms with E-state index in [1.807, 2.05) is 32.9 Å². The van der Waals surface area contributed by atoms with Crippen molar-refractivity contribution in [2.24, 2.45) is 5.92 Å². The lowest BCUT2D eigenvalue weighted by molar-refractivity contribution is -0.118. The Kier molecular flexibility index (Phi) is 6.64. The molecule has 2 aromatic carbocycles. The zero-order valence-electron chi connectivity index (χ0n) is 16.8. The summed E-state index contributed by atoms with van der Waals surface area (Å²) in [5.41, 5.74) is 1.80. The summed E-state index contributed by atoms with van der Waals surface area (Å²) < 4.78 is 11.3. The van der Waals surface area contributed by atoms with Crippen molar-refractivity contribution < 1.29 is 19.1 Å². The van der Waals surface area contributed by atoms with Gasteiger partial charge in [0.2, 0.25) is 5.91 Å². The fourth-order valence-corrected chi connectivity index (χ4v) is 3.27. The minimum atomic E-state index is -0.728. The van der Waals surface area contributed by atoms with E-state index in [-0.39, 0.29) is 17.7 Å². The fraction of sp³-hybridized carbons (Fsp3) is 0.364. The maximum atomic E-state index is 12.9. The van der Waals surface area contributed by atoms with Gasteiger partial charge in [-0.1, -0.05) is 43.6 Å². The summed E-state index contributed by atoms with van der Waals surface area (Å²) in [5, 5.41) is 5.99. The highest BCUT2D eigenvalue weighted by Crippen LogP contribution is 2.37. The molecule has 0 saturated heterocycles. The number of ether oxygens (including phenoxy) is 2. The smallest absolute Gasteiger partial charge is 0.252 e. The monoisotopic (exact) mass is 416 g/mol. The third kappa shape index (κ3) is 5.01. The summed E-state index contributed by atoms with van der Waals surface area (Å²) in [4.78, 5) is 25.6. The molecule has 1 heterocycles. The van der Waals surface area contributed by atoms with Crippen LogP contribution in [0.25, 0.3) is 0 Å². The number of hydrogen-bond donors (Lipinski definition) is 2. The number of aryl methyl sites for hydroxylation is 1. The molecular formula is C22H25ClN2O4. The molecule has 0 spiro atoms. The van der Waals surface area contributed by atoms with Crippen LogP contribution in [0.15, 0.2) is 36.4 Å². The van der Waals surface area contributed by atoms with Crippen molar-refractivity contribution in [3.05, 3.63) is 52.5 Å². The number of anilines is 1. The minimum absolute atomic E-state index is 0.123. The van der Waals surface area contributed by atoms with Crippen molar-refractivity contribution in [2.45, 2.75) is 33.2 Å². The van der Waals surface area contributed by atoms with E-state index in [1.165, 1.54) is 0 Å². The van der Waals surface area contributed by atoms with Crippen LogP contribution >= 0.6 is 11.6 Å². The van der Waals surface area contributed by atoms with E-state index in [4.69, 9.17) is 21.1 Å². The zero-order valence-corrected chi connectivity index (χ0v) is 17.5. The number of halogens is 1. The maximum absolute atomic E-state index is 12.9. The van der Waals surface area contributed by atoms with E-state index in [1.54, 1.807) is 24.3 Å². The van der Waals surface area contributed by atoms with Crippen LogP contribution in [-0.4, -0.2) is 31.1 Å². The summed E-state index contributed by atoms with van der Waals surface area (Å²) >= 11 is 6.33. The first-order valence-corrected chi connectivity index (χ1v) is 10.0. The van der Waals surface area contributed by atoms with E-state index >= 15 is 0 Å². The Bertz CT molecular complexity index is 914. The SMILES string of the molecule is Cc1ccccc1C(=O)NC(C(=O)Nc1cc2c(cc1Cl)OCCCO2)C(C)C. The lowest BCUT2D eigenvalue weighted by Crippen LogP contribution is -2.47. The number of rotatable bonds is 5. The third-order valence-electron chi connectivity index (χ3n) is 4.72. The predicted octanol–water partition coefficient (Wildman–Crippen LogP) is 4.20. The molecule has 2 N–H and O–H groups in total. The number of hydrogen-bond acceptors (Lipinski definition) is 4. The van der Waals surface area contributed by atoms with Gasteiger partial charge in [-0.25, -0.2) is 0 Å². The van der Waals surface area contributed by atoms with E-state index in [2.05, 4.69) is 10.6 Å². The summed E-state index contributed by atoms with van der Waals surface area (Å²) in [5.74, 6) is 0.327. The molecule has 1 aliphatic heterocycles. The van der Waals surface area contributed by atoms with E-state index < -0.39 is 6.04 Å². The number of amides is 2. The Morgan fingerprint density at radius 1 is 1.07 bits per heavy atom. The van der Waals surface area contributed by atoms with Crippen LogP contribution in [0, 0.1) is 12.8 Å². The van der Waals surface area contributed by atoms with Gasteiger partial charge in [0.25, 0.3) is 5.91 Å². The first kappa shape index (κ1) is 21.0. The summed E-state index contributed by atoms with van der Waals surface area (Å²) in [7, 11) is 0. The van der Waals surface area contributed by atoms with Gasteiger partial charge < -0.3 is 20.1 Å². The minimum Gasteiger partial charge on any atom is -0.490 e. The largest absolute Gasteiger partial charge is 0.490 e. The van der Waals surface area contributed by atoms with Crippen molar-refractivity contribution in [3.8, 4) is 11.5 Å². The van der Waals surface area contributed by atoms with Gasteiger partial charge in [-0.15, -0.1) is 0 Å². The van der Waals surface area contributed by atoms with E-state index in [9.17, 15) is 9.59 Å². The molecule has 29 heavy (non-hydrogen) atoms. The molecule has 6 nitrogen and oxygen atoms in total. The molecule has 1 atom stereocenters. The third-order valence-corrected chi connectivity index (χ3v) is 5.03. The molecule has 0 saturated carbocycles. The highest BCUT2D eigenvalue weighted by Gasteiger charge is 2.26. The van der Waals surface area contributed by atoms with E-state index in [0.717, 1.165) is 12.0 Å². The molecule has 3 rings (SSSR count). The molecule has 0 fully saturated rings. The molecule has 7 heteroatoms. The Hall–Kier alpha value is -2.73. The highest BCUT2D eigenvalue weighted by molar-refractivity contribution is 6.34. The summed E-state index contributed by atoms with van der Waals surface area (Å²) in [6, 6.07) is 9.82. The van der Waals surface area contributed by atoms with Crippen LogP contribution in [0.3, 0.4) is 0 Å². The molecule has 1 aliphatic rings. The standard InChI is InChI=1S/C22H25ClN2O4/c1-13(2)20(25-21(26)15-8-5-4-7-14(15)3)22(27)24-17-12-19-18(11-16(17)23)28-9-6-10-29-19/h4-5,7-8,11-13,20H,6,9-10H2,1-3H3,(H,24,27)(H,25,26). The van der Waals surface area contributed by atoms with Crippen molar-refractivity contribution >= 4 is 29.1 Å². The van der Waals surface area contributed by atoms with Crippen molar-refractivity contribution in [3.63, 3.8) is 0 Å². The van der Waals surface area contributed by atoms with Gasteiger partial charge in [0.15, 0.2) is 11.5 Å².